The van der Waals surface area contributed by atoms with Crippen molar-refractivity contribution in [2.24, 2.45) is 0 Å². The summed E-state index contributed by atoms with van der Waals surface area (Å²) >= 11 is 18.5. The van der Waals surface area contributed by atoms with E-state index in [0.717, 1.165) is 9.80 Å². The summed E-state index contributed by atoms with van der Waals surface area (Å²) in [7, 11) is 4.03. The predicted octanol–water partition coefficient (Wildman–Crippen LogP) is 4.67. The van der Waals surface area contributed by atoms with E-state index in [1.165, 1.54) is 33.3 Å². The van der Waals surface area contributed by atoms with Gasteiger partial charge in [-0.2, -0.15) is 0 Å². The number of ether oxygens (including phenoxy) is 2. The summed E-state index contributed by atoms with van der Waals surface area (Å²) < 4.78 is 11.2. The summed E-state index contributed by atoms with van der Waals surface area (Å²) in [5.74, 6) is -0.859. The number of rotatable bonds is 5. The monoisotopic (exact) mass is 482 g/mol. The van der Waals surface area contributed by atoms with Gasteiger partial charge in [0, 0.05) is 29.7 Å². The molecule has 0 N–H and O–H groups in total. The highest BCUT2D eigenvalue weighted by Crippen LogP contribution is 2.38. The number of hydrogen-bond donors (Lipinski definition) is 0. The van der Waals surface area contributed by atoms with Gasteiger partial charge in [0.15, 0.2) is 11.5 Å². The average molecular weight is 484 g/mol. The van der Waals surface area contributed by atoms with Crippen molar-refractivity contribution >= 4 is 58.7 Å². The molecule has 0 atom stereocenters. The molecular weight excluding hydrogens is 467 g/mol. The highest BCUT2D eigenvalue weighted by Gasteiger charge is 2.37. The van der Waals surface area contributed by atoms with E-state index in [4.69, 9.17) is 44.3 Å². The second-order valence-corrected chi connectivity index (χ2v) is 7.88. The fourth-order valence-corrected chi connectivity index (χ4v) is 3.63. The lowest BCUT2D eigenvalue weighted by molar-refractivity contribution is -0.134. The Morgan fingerprint density at radius 2 is 1.58 bits per heavy atom. The first-order valence-electron chi connectivity index (χ1n) is 8.90. The molecule has 0 saturated carbocycles. The third kappa shape index (κ3) is 4.63. The van der Waals surface area contributed by atoms with Gasteiger partial charge >= 0.3 is 6.03 Å². The van der Waals surface area contributed by atoms with Crippen molar-refractivity contribution < 1.29 is 23.9 Å². The average Bonchev–Trinajstić information content (AvgIpc) is 2.74. The molecular formula is C21H17Cl3N2O5. The molecule has 0 radical (unpaired) electrons. The van der Waals surface area contributed by atoms with Crippen LogP contribution in [0.25, 0.3) is 6.08 Å². The smallest absolute Gasteiger partial charge is 0.333 e. The van der Waals surface area contributed by atoms with Crippen LogP contribution < -0.4 is 9.47 Å². The first-order valence-corrected chi connectivity index (χ1v) is 10.0. The van der Waals surface area contributed by atoms with Gasteiger partial charge in [-0.25, -0.2) is 4.79 Å². The Morgan fingerprint density at radius 1 is 0.935 bits per heavy atom. The summed E-state index contributed by atoms with van der Waals surface area (Å²) in [6, 6.07) is 7.41. The normalized spacial score (nSPS) is 14.3. The number of carbonyl (C=O) groups is 3. The highest BCUT2D eigenvalue weighted by molar-refractivity contribution is 6.35. The topological polar surface area (TPSA) is 76.2 Å². The second-order valence-electron chi connectivity index (χ2n) is 6.63. The molecule has 0 aromatic heterocycles. The SMILES string of the molecule is COc1cc(C=C2C(=O)N(C)C(=O)N(C)C2=O)cc(Cl)c1OCc1ccc(Cl)cc1Cl. The quantitative estimate of drug-likeness (QED) is 0.456. The lowest BCUT2D eigenvalue weighted by Gasteiger charge is -2.28. The van der Waals surface area contributed by atoms with Gasteiger partial charge in [-0.05, 0) is 35.9 Å². The Kier molecular flexibility index (Phi) is 6.79. The molecule has 2 aromatic carbocycles. The Balaban J connectivity index is 1.92. The van der Waals surface area contributed by atoms with E-state index in [1.807, 2.05) is 0 Å². The van der Waals surface area contributed by atoms with E-state index >= 15 is 0 Å². The minimum absolute atomic E-state index is 0.112. The number of carbonyl (C=O) groups excluding carboxylic acids is 3. The third-order valence-corrected chi connectivity index (χ3v) is 5.46. The van der Waals surface area contributed by atoms with Crippen LogP contribution in [0, 0.1) is 0 Å². The summed E-state index contributed by atoms with van der Waals surface area (Å²) in [6.45, 7) is 0.112. The van der Waals surface area contributed by atoms with Gasteiger partial charge in [0.2, 0.25) is 0 Å². The predicted molar refractivity (Wildman–Crippen MR) is 118 cm³/mol. The van der Waals surface area contributed by atoms with Crippen molar-refractivity contribution in [3.63, 3.8) is 0 Å². The Labute approximate surface area is 193 Å². The third-order valence-electron chi connectivity index (χ3n) is 4.59. The van der Waals surface area contributed by atoms with Crippen molar-refractivity contribution in [3.8, 4) is 11.5 Å². The molecule has 1 saturated heterocycles. The fraction of sp³-hybridized carbons (Fsp3) is 0.190. The summed E-state index contributed by atoms with van der Waals surface area (Å²) in [5, 5.41) is 1.15. The molecule has 4 amide bonds. The van der Waals surface area contributed by atoms with Crippen LogP contribution in [0.3, 0.4) is 0 Å². The minimum atomic E-state index is -0.708. The van der Waals surface area contributed by atoms with Gasteiger partial charge in [0.1, 0.15) is 12.2 Å². The molecule has 1 fully saturated rings. The van der Waals surface area contributed by atoms with E-state index in [2.05, 4.69) is 0 Å². The number of imide groups is 2. The summed E-state index contributed by atoms with van der Waals surface area (Å²) in [6.07, 6.45) is 1.35. The zero-order valence-electron chi connectivity index (χ0n) is 16.7. The molecule has 10 heteroatoms. The minimum Gasteiger partial charge on any atom is -0.493 e. The molecule has 1 aliphatic rings. The van der Waals surface area contributed by atoms with Crippen LogP contribution in [0.2, 0.25) is 15.1 Å². The van der Waals surface area contributed by atoms with Crippen LogP contribution in [-0.2, 0) is 16.2 Å². The van der Waals surface area contributed by atoms with E-state index < -0.39 is 17.8 Å². The Hall–Kier alpha value is -2.74. The maximum Gasteiger partial charge on any atom is 0.333 e. The standard InChI is InChI=1S/C21H17Cl3N2O5/c1-25-19(27)14(20(28)26(2)21(25)29)6-11-7-16(24)18(17(8-11)30-3)31-10-12-4-5-13(22)9-15(12)23/h4-9H,10H2,1-3H3. The number of benzene rings is 2. The second kappa shape index (κ2) is 9.18. The van der Waals surface area contributed by atoms with Gasteiger partial charge in [-0.1, -0.05) is 40.9 Å². The fourth-order valence-electron chi connectivity index (χ4n) is 2.89. The zero-order valence-corrected chi connectivity index (χ0v) is 19.0. The molecule has 0 spiro atoms. The van der Waals surface area contributed by atoms with E-state index in [9.17, 15) is 14.4 Å². The lowest BCUT2D eigenvalue weighted by atomic mass is 10.1. The zero-order chi connectivity index (χ0) is 22.9. The molecule has 0 aliphatic carbocycles. The van der Waals surface area contributed by atoms with Gasteiger partial charge in [0.25, 0.3) is 11.8 Å². The number of amides is 4. The van der Waals surface area contributed by atoms with Crippen LogP contribution in [0.15, 0.2) is 35.9 Å². The Bertz CT molecular complexity index is 1090. The maximum atomic E-state index is 12.4. The highest BCUT2D eigenvalue weighted by atomic mass is 35.5. The van der Waals surface area contributed by atoms with Crippen molar-refractivity contribution in [2.45, 2.75) is 6.61 Å². The molecule has 7 nitrogen and oxygen atoms in total. The molecule has 2 aromatic rings. The van der Waals surface area contributed by atoms with Crippen LogP contribution in [0.4, 0.5) is 4.79 Å². The van der Waals surface area contributed by atoms with Crippen LogP contribution >= 0.6 is 34.8 Å². The first kappa shape index (κ1) is 22.9. The van der Waals surface area contributed by atoms with E-state index in [0.29, 0.717) is 21.2 Å². The van der Waals surface area contributed by atoms with Crippen LogP contribution in [-0.4, -0.2) is 48.9 Å². The molecule has 1 heterocycles. The number of halogens is 3. The van der Waals surface area contributed by atoms with E-state index in [-0.39, 0.29) is 28.7 Å². The molecule has 0 unspecified atom stereocenters. The largest absolute Gasteiger partial charge is 0.493 e. The first-order chi connectivity index (χ1) is 14.6. The number of barbiturate groups is 1. The van der Waals surface area contributed by atoms with Crippen LogP contribution in [0.1, 0.15) is 11.1 Å². The summed E-state index contributed by atoms with van der Waals surface area (Å²) in [5.41, 5.74) is 0.945. The molecule has 31 heavy (non-hydrogen) atoms. The van der Waals surface area contributed by atoms with Gasteiger partial charge < -0.3 is 9.47 Å². The van der Waals surface area contributed by atoms with Crippen molar-refractivity contribution in [1.82, 2.24) is 9.80 Å². The van der Waals surface area contributed by atoms with Gasteiger partial charge in [0.05, 0.1) is 12.1 Å². The maximum absolute atomic E-state index is 12.4. The number of likely N-dealkylation sites (N-methyl/N-ethyl adjacent to an activating group) is 2. The van der Waals surface area contributed by atoms with Gasteiger partial charge in [-0.15, -0.1) is 0 Å². The lowest BCUT2D eigenvalue weighted by Crippen LogP contribution is -2.52. The van der Waals surface area contributed by atoms with Crippen molar-refractivity contribution in [1.29, 1.82) is 0 Å². The Morgan fingerprint density at radius 3 is 2.16 bits per heavy atom. The van der Waals surface area contributed by atoms with E-state index in [1.54, 1.807) is 24.3 Å². The van der Waals surface area contributed by atoms with Gasteiger partial charge in [-0.3, -0.25) is 19.4 Å². The number of nitrogens with zero attached hydrogens (tertiary/aromatic N) is 2. The number of methoxy groups -OCH3 is 1. The van der Waals surface area contributed by atoms with Crippen molar-refractivity contribution in [3.05, 3.63) is 62.1 Å². The number of urea groups is 1. The molecule has 3 rings (SSSR count). The number of hydrogen-bond acceptors (Lipinski definition) is 5. The molecule has 1 aliphatic heterocycles. The molecule has 0 bridgehead atoms. The summed E-state index contributed by atoms with van der Waals surface area (Å²) in [4.78, 5) is 38.4. The van der Waals surface area contributed by atoms with Crippen LogP contribution in [0.5, 0.6) is 11.5 Å². The molecule has 162 valence electrons. The van der Waals surface area contributed by atoms with Crippen molar-refractivity contribution in [2.75, 3.05) is 21.2 Å².